The maximum Gasteiger partial charge on any atom is 0.410 e. The molecule has 1 saturated heterocycles. The molecule has 1 fully saturated rings. The van der Waals surface area contributed by atoms with E-state index in [4.69, 9.17) is 15.2 Å². The number of nitrogen functional groups attached to an aromatic ring is 1. The summed E-state index contributed by atoms with van der Waals surface area (Å²) in [6, 6.07) is 3.52. The molecule has 1 heterocycles. The second-order valence-electron chi connectivity index (χ2n) is 8.28. The number of carbonyl (C=O) groups is 2. The van der Waals surface area contributed by atoms with Gasteiger partial charge in [-0.2, -0.15) is 0 Å². The Morgan fingerprint density at radius 3 is 2.41 bits per heavy atom. The molecule has 1 aliphatic heterocycles. The largest absolute Gasteiger partial charge is 0.496 e. The molecule has 27 heavy (non-hydrogen) atoms. The third-order valence-corrected chi connectivity index (χ3v) is 4.93. The van der Waals surface area contributed by atoms with Crippen LogP contribution in [0.15, 0.2) is 12.1 Å². The number of amides is 1. The summed E-state index contributed by atoms with van der Waals surface area (Å²) >= 11 is 0. The molecule has 2 rings (SSSR count). The van der Waals surface area contributed by atoms with Crippen LogP contribution >= 0.6 is 0 Å². The van der Waals surface area contributed by atoms with E-state index in [0.29, 0.717) is 42.4 Å². The van der Waals surface area contributed by atoms with Crippen molar-refractivity contribution in [3.05, 3.63) is 23.3 Å². The summed E-state index contributed by atoms with van der Waals surface area (Å²) in [5.74, 6) is 1.04. The van der Waals surface area contributed by atoms with Crippen molar-refractivity contribution < 1.29 is 19.1 Å². The van der Waals surface area contributed by atoms with Gasteiger partial charge in [-0.1, -0.05) is 0 Å². The molecular formula is C21H32N2O4. The molecule has 0 aliphatic carbocycles. The number of hydrogen-bond donors (Lipinski definition) is 1. The smallest absolute Gasteiger partial charge is 0.410 e. The highest BCUT2D eigenvalue weighted by Crippen LogP contribution is 2.29. The molecule has 2 N–H and O–H groups in total. The van der Waals surface area contributed by atoms with Crippen molar-refractivity contribution in [1.29, 1.82) is 0 Å². The second-order valence-corrected chi connectivity index (χ2v) is 8.28. The van der Waals surface area contributed by atoms with Gasteiger partial charge in [-0.15, -0.1) is 0 Å². The summed E-state index contributed by atoms with van der Waals surface area (Å²) in [5, 5.41) is 0. The van der Waals surface area contributed by atoms with E-state index < -0.39 is 5.60 Å². The Labute approximate surface area is 162 Å². The van der Waals surface area contributed by atoms with Crippen LogP contribution in [0.25, 0.3) is 0 Å². The number of aryl methyl sites for hydroxylation is 1. The van der Waals surface area contributed by atoms with Crippen LogP contribution in [-0.2, 0) is 4.74 Å². The van der Waals surface area contributed by atoms with Gasteiger partial charge in [0.25, 0.3) is 0 Å². The first kappa shape index (κ1) is 21.1. The lowest BCUT2D eigenvalue weighted by molar-refractivity contribution is 0.0180. The Hall–Kier alpha value is -2.24. The Morgan fingerprint density at radius 1 is 1.22 bits per heavy atom. The normalized spacial score (nSPS) is 15.5. The number of Topliss-reactive ketones (excluding diaryl/α,β-unsaturated/α-hetero) is 1. The fraction of sp³-hybridized carbons (Fsp3) is 0.619. The van der Waals surface area contributed by atoms with Crippen LogP contribution in [0.4, 0.5) is 10.5 Å². The van der Waals surface area contributed by atoms with Gasteiger partial charge in [-0.05, 0) is 64.5 Å². The highest BCUT2D eigenvalue weighted by atomic mass is 16.6. The van der Waals surface area contributed by atoms with Crippen LogP contribution in [0.2, 0.25) is 0 Å². The number of rotatable bonds is 5. The lowest BCUT2D eigenvalue weighted by Crippen LogP contribution is -2.41. The summed E-state index contributed by atoms with van der Waals surface area (Å²) in [4.78, 5) is 26.5. The summed E-state index contributed by atoms with van der Waals surface area (Å²) < 4.78 is 10.7. The summed E-state index contributed by atoms with van der Waals surface area (Å²) in [6.07, 6.45) is 2.82. The number of hydrogen-bond acceptors (Lipinski definition) is 5. The number of anilines is 1. The van der Waals surface area contributed by atoms with Crippen LogP contribution in [0.1, 0.15) is 62.4 Å². The van der Waals surface area contributed by atoms with Gasteiger partial charge in [0, 0.05) is 31.3 Å². The van der Waals surface area contributed by atoms with Gasteiger partial charge in [0.1, 0.15) is 11.4 Å². The molecule has 0 aromatic heterocycles. The Morgan fingerprint density at radius 2 is 1.85 bits per heavy atom. The third-order valence-electron chi connectivity index (χ3n) is 4.93. The minimum absolute atomic E-state index is 0.0736. The van der Waals surface area contributed by atoms with Crippen molar-refractivity contribution >= 4 is 17.6 Å². The van der Waals surface area contributed by atoms with Gasteiger partial charge in [-0.3, -0.25) is 4.79 Å². The minimum Gasteiger partial charge on any atom is -0.496 e. The van der Waals surface area contributed by atoms with Crippen molar-refractivity contribution in [1.82, 2.24) is 4.90 Å². The standard InChI is InChI=1S/C21H32N2O4/c1-14-12-16(19(26-5)13-17(14)22)18(24)7-6-15-8-10-23(11-9-15)20(25)27-21(2,3)4/h12-13,15H,6-11,22H2,1-5H3. The van der Waals surface area contributed by atoms with Gasteiger partial charge < -0.3 is 20.1 Å². The molecule has 0 bridgehead atoms. The highest BCUT2D eigenvalue weighted by molar-refractivity contribution is 5.99. The highest BCUT2D eigenvalue weighted by Gasteiger charge is 2.27. The van der Waals surface area contributed by atoms with E-state index in [0.717, 1.165) is 24.8 Å². The average Bonchev–Trinajstić information content (AvgIpc) is 2.60. The zero-order chi connectivity index (χ0) is 20.2. The van der Waals surface area contributed by atoms with Crippen molar-refractivity contribution in [2.75, 3.05) is 25.9 Å². The first-order valence-corrected chi connectivity index (χ1v) is 9.56. The van der Waals surface area contributed by atoms with Crippen molar-refractivity contribution in [2.45, 2.75) is 59.0 Å². The second kappa shape index (κ2) is 8.63. The fourth-order valence-corrected chi connectivity index (χ4v) is 3.29. The molecule has 0 saturated carbocycles. The number of carbonyl (C=O) groups excluding carboxylic acids is 2. The zero-order valence-electron chi connectivity index (χ0n) is 17.1. The molecule has 0 atom stereocenters. The molecule has 150 valence electrons. The van der Waals surface area contributed by atoms with Crippen molar-refractivity contribution in [2.24, 2.45) is 5.92 Å². The van der Waals surface area contributed by atoms with Crippen LogP contribution in [0, 0.1) is 12.8 Å². The zero-order valence-corrected chi connectivity index (χ0v) is 17.1. The predicted molar refractivity (Wildman–Crippen MR) is 106 cm³/mol. The van der Waals surface area contributed by atoms with Gasteiger partial charge in [-0.25, -0.2) is 4.79 Å². The number of nitrogens with zero attached hydrogens (tertiary/aromatic N) is 1. The van der Waals surface area contributed by atoms with Gasteiger partial charge >= 0.3 is 6.09 Å². The maximum atomic E-state index is 12.7. The Balaban J connectivity index is 1.86. The third kappa shape index (κ3) is 5.88. The lowest BCUT2D eigenvalue weighted by atomic mass is 9.90. The van der Waals surface area contributed by atoms with Gasteiger partial charge in [0.15, 0.2) is 5.78 Å². The predicted octanol–water partition coefficient (Wildman–Crippen LogP) is 4.20. The monoisotopic (exact) mass is 376 g/mol. The van der Waals surface area contributed by atoms with Crippen LogP contribution in [0.3, 0.4) is 0 Å². The number of ether oxygens (including phenoxy) is 2. The SMILES string of the molecule is COc1cc(N)c(C)cc1C(=O)CCC1CCN(C(=O)OC(C)(C)C)CC1. The van der Waals surface area contributed by atoms with E-state index in [1.807, 2.05) is 33.8 Å². The first-order valence-electron chi connectivity index (χ1n) is 9.56. The molecule has 0 radical (unpaired) electrons. The van der Waals surface area contributed by atoms with Crippen molar-refractivity contribution in [3.63, 3.8) is 0 Å². The molecule has 1 aromatic carbocycles. The van der Waals surface area contributed by atoms with E-state index in [2.05, 4.69) is 0 Å². The number of likely N-dealkylation sites (tertiary alicyclic amines) is 1. The lowest BCUT2D eigenvalue weighted by Gasteiger charge is -2.33. The molecule has 0 spiro atoms. The van der Waals surface area contributed by atoms with Gasteiger partial charge in [0.05, 0.1) is 12.7 Å². The Bertz CT molecular complexity index is 686. The van der Waals surface area contributed by atoms with Crippen LogP contribution in [-0.4, -0.2) is 42.6 Å². The minimum atomic E-state index is -0.476. The van der Waals surface area contributed by atoms with Crippen LogP contribution in [0.5, 0.6) is 5.75 Å². The number of nitrogens with two attached hydrogens (primary N) is 1. The molecule has 1 amide bonds. The molecule has 6 heteroatoms. The topological polar surface area (TPSA) is 81.9 Å². The molecule has 1 aliphatic rings. The number of benzene rings is 1. The van der Waals surface area contributed by atoms with Gasteiger partial charge in [0.2, 0.25) is 0 Å². The van der Waals surface area contributed by atoms with E-state index in [1.54, 1.807) is 18.1 Å². The maximum absolute atomic E-state index is 12.7. The summed E-state index contributed by atoms with van der Waals surface area (Å²) in [6.45, 7) is 8.86. The molecule has 0 unspecified atom stereocenters. The van der Waals surface area contributed by atoms with E-state index in [9.17, 15) is 9.59 Å². The van der Waals surface area contributed by atoms with E-state index >= 15 is 0 Å². The molecular weight excluding hydrogens is 344 g/mol. The van der Waals surface area contributed by atoms with Crippen LogP contribution < -0.4 is 10.5 Å². The number of ketones is 1. The first-order chi connectivity index (χ1) is 12.6. The molecule has 1 aromatic rings. The number of piperidine rings is 1. The van der Waals surface area contributed by atoms with Crippen molar-refractivity contribution in [3.8, 4) is 5.75 Å². The van der Waals surface area contributed by atoms with E-state index in [1.165, 1.54) is 0 Å². The number of methoxy groups -OCH3 is 1. The average molecular weight is 376 g/mol. The summed E-state index contributed by atoms with van der Waals surface area (Å²) in [7, 11) is 1.55. The molecule has 6 nitrogen and oxygen atoms in total. The fourth-order valence-electron chi connectivity index (χ4n) is 3.29. The Kier molecular flexibility index (Phi) is 6.73. The quantitative estimate of drug-likeness (QED) is 0.615. The summed E-state index contributed by atoms with van der Waals surface area (Å²) in [5.41, 5.74) is 7.52. The van der Waals surface area contributed by atoms with E-state index in [-0.39, 0.29) is 11.9 Å².